The van der Waals surface area contributed by atoms with Crippen LogP contribution in [0.15, 0.2) is 46.9 Å². The van der Waals surface area contributed by atoms with Crippen molar-refractivity contribution in [1.82, 2.24) is 4.37 Å². The molecule has 1 aromatic heterocycles. The average molecular weight is 426 g/mol. The second-order valence-corrected chi connectivity index (χ2v) is 7.40. The lowest BCUT2D eigenvalue weighted by Gasteiger charge is -2.17. The average Bonchev–Trinajstić information content (AvgIpc) is 2.98. The number of benzene rings is 2. The number of alkyl halides is 3. The normalized spacial score (nSPS) is 13.3. The van der Waals surface area contributed by atoms with E-state index in [0.717, 1.165) is 44.6 Å². The van der Waals surface area contributed by atoms with Crippen LogP contribution in [-0.2, 0) is 12.8 Å². The largest absolute Gasteiger partial charge is 0.573 e. The second-order valence-electron chi connectivity index (χ2n) is 5.71. The van der Waals surface area contributed by atoms with E-state index in [1.54, 1.807) is 12.1 Å². The molecule has 1 aliphatic rings. The van der Waals surface area contributed by atoms with Crippen LogP contribution >= 0.6 is 27.5 Å². The molecule has 0 atom stereocenters. The molecular weight excluding hydrogens is 415 g/mol. The van der Waals surface area contributed by atoms with Gasteiger partial charge in [0.25, 0.3) is 0 Å². The number of ether oxygens (including phenoxy) is 1. The molecule has 0 bridgehead atoms. The van der Waals surface area contributed by atoms with Crippen LogP contribution in [-0.4, -0.2) is 10.7 Å². The fourth-order valence-electron chi connectivity index (χ4n) is 3.05. The molecule has 0 saturated heterocycles. The highest BCUT2D eigenvalue weighted by Gasteiger charge is 2.31. The number of nitrogens with zero attached hydrogens (tertiary/aromatic N) is 1. The first-order valence-electron chi connectivity index (χ1n) is 7.54. The second kappa shape index (κ2) is 6.14. The van der Waals surface area contributed by atoms with Crippen molar-refractivity contribution < 1.29 is 17.9 Å². The Morgan fingerprint density at radius 1 is 1.04 bits per heavy atom. The zero-order valence-corrected chi connectivity index (χ0v) is 15.1. The van der Waals surface area contributed by atoms with E-state index < -0.39 is 6.36 Å². The van der Waals surface area contributed by atoms with Crippen LogP contribution in [0, 0.1) is 0 Å². The van der Waals surface area contributed by atoms with Gasteiger partial charge in [0.15, 0.2) is 0 Å². The molecule has 0 amide bonds. The molecule has 2 aromatic carbocycles. The summed E-state index contributed by atoms with van der Waals surface area (Å²) in [5.41, 5.74) is 5.37. The number of hydrogen-bond donors (Lipinski definition) is 0. The Hall–Kier alpha value is -1.86. The van der Waals surface area contributed by atoms with Gasteiger partial charge < -0.3 is 4.74 Å². The molecule has 7 heteroatoms. The first-order valence-corrected chi connectivity index (χ1v) is 9.11. The van der Waals surface area contributed by atoms with Crippen molar-refractivity contribution in [2.75, 3.05) is 0 Å². The van der Waals surface area contributed by atoms with E-state index in [1.165, 1.54) is 29.2 Å². The van der Waals surface area contributed by atoms with Gasteiger partial charge in [-0.2, -0.15) is 4.37 Å². The summed E-state index contributed by atoms with van der Waals surface area (Å²) in [4.78, 5) is 1.00. The molecule has 0 fully saturated rings. The zero-order valence-electron chi connectivity index (χ0n) is 12.7. The van der Waals surface area contributed by atoms with Crippen LogP contribution in [0.5, 0.6) is 5.75 Å². The maximum atomic E-state index is 12.3. The van der Waals surface area contributed by atoms with Gasteiger partial charge in [0, 0.05) is 10.0 Å². The van der Waals surface area contributed by atoms with Crippen molar-refractivity contribution >= 4 is 27.5 Å². The summed E-state index contributed by atoms with van der Waals surface area (Å²) < 4.78 is 46.4. The first-order chi connectivity index (χ1) is 11.9. The van der Waals surface area contributed by atoms with E-state index in [0.29, 0.717) is 0 Å². The Labute approximate surface area is 154 Å². The van der Waals surface area contributed by atoms with E-state index in [1.807, 2.05) is 6.07 Å². The Morgan fingerprint density at radius 3 is 2.52 bits per heavy atom. The minimum Gasteiger partial charge on any atom is -0.406 e. The minimum absolute atomic E-state index is 0.218. The maximum absolute atomic E-state index is 12.3. The number of hydrogen-bond acceptors (Lipinski definition) is 3. The van der Waals surface area contributed by atoms with Gasteiger partial charge in [-0.3, -0.25) is 0 Å². The van der Waals surface area contributed by atoms with E-state index in [2.05, 4.69) is 37.2 Å². The molecule has 25 heavy (non-hydrogen) atoms. The van der Waals surface area contributed by atoms with Crippen molar-refractivity contribution in [3.05, 3.63) is 58.1 Å². The summed E-state index contributed by atoms with van der Waals surface area (Å²) >= 11 is 4.87. The molecule has 0 N–H and O–H groups in total. The summed E-state index contributed by atoms with van der Waals surface area (Å²) in [7, 11) is 0. The number of aromatic nitrogens is 1. The molecule has 0 unspecified atom stereocenters. The number of aryl methyl sites for hydroxylation is 1. The Balaban J connectivity index is 1.69. The van der Waals surface area contributed by atoms with Gasteiger partial charge in [-0.1, -0.05) is 22.0 Å². The number of halogens is 4. The highest BCUT2D eigenvalue weighted by Crippen LogP contribution is 2.42. The van der Waals surface area contributed by atoms with Crippen molar-refractivity contribution in [2.45, 2.75) is 19.2 Å². The van der Waals surface area contributed by atoms with Crippen molar-refractivity contribution in [3.63, 3.8) is 0 Å². The summed E-state index contributed by atoms with van der Waals surface area (Å²) in [6.07, 6.45) is -2.89. The quantitative estimate of drug-likeness (QED) is 0.484. The van der Waals surface area contributed by atoms with E-state index in [9.17, 15) is 13.2 Å². The summed E-state index contributed by atoms with van der Waals surface area (Å²) in [5, 5.41) is 0. The molecule has 1 aliphatic carbocycles. The van der Waals surface area contributed by atoms with Gasteiger partial charge >= 0.3 is 6.36 Å². The van der Waals surface area contributed by atoms with Gasteiger partial charge in [0.05, 0.1) is 10.6 Å². The van der Waals surface area contributed by atoms with Crippen molar-refractivity contribution in [2.24, 2.45) is 0 Å². The Morgan fingerprint density at radius 2 is 1.80 bits per heavy atom. The molecule has 0 spiro atoms. The first kappa shape index (κ1) is 16.6. The molecule has 2 nitrogen and oxygen atoms in total. The molecular formula is C18H11BrF3NOS. The van der Waals surface area contributed by atoms with Gasteiger partial charge in [0.1, 0.15) is 5.75 Å². The summed E-state index contributed by atoms with van der Waals surface area (Å²) in [6.45, 7) is 0. The SMILES string of the molecule is FC(F)(F)Oc1ccc(-c2snc3c2CCc2cc(Br)ccc2-3)cc1. The predicted molar refractivity (Wildman–Crippen MR) is 94.8 cm³/mol. The monoisotopic (exact) mass is 425 g/mol. The van der Waals surface area contributed by atoms with Crippen LogP contribution in [0.1, 0.15) is 11.1 Å². The molecule has 1 heterocycles. The van der Waals surface area contributed by atoms with Crippen LogP contribution in [0.3, 0.4) is 0 Å². The minimum atomic E-state index is -4.68. The standard InChI is InChI=1S/C18H11BrF3NOS/c19-12-4-8-14-11(9-12)3-7-15-16(14)23-25-17(15)10-1-5-13(6-2-10)24-18(20,21)22/h1-2,4-6,8-9H,3,7H2. The number of fused-ring (bicyclic) bond motifs is 3. The fourth-order valence-corrected chi connectivity index (χ4v) is 4.40. The highest BCUT2D eigenvalue weighted by molar-refractivity contribution is 9.10. The van der Waals surface area contributed by atoms with Crippen LogP contribution in [0.4, 0.5) is 13.2 Å². The Kier molecular flexibility index (Phi) is 4.08. The van der Waals surface area contributed by atoms with Crippen LogP contribution in [0.25, 0.3) is 21.7 Å². The van der Waals surface area contributed by atoms with Crippen LogP contribution < -0.4 is 4.74 Å². The predicted octanol–water partition coefficient (Wildman–Crippen LogP) is 6.24. The molecule has 0 radical (unpaired) electrons. The third kappa shape index (κ3) is 3.30. The maximum Gasteiger partial charge on any atom is 0.573 e. The lowest BCUT2D eigenvalue weighted by atomic mass is 9.88. The molecule has 0 saturated carbocycles. The highest BCUT2D eigenvalue weighted by atomic mass is 79.9. The van der Waals surface area contributed by atoms with Crippen LogP contribution in [0.2, 0.25) is 0 Å². The molecule has 128 valence electrons. The molecule has 3 aromatic rings. The summed E-state index contributed by atoms with van der Waals surface area (Å²) in [6, 6.07) is 12.1. The Bertz CT molecular complexity index is 934. The van der Waals surface area contributed by atoms with Crippen molar-refractivity contribution in [1.29, 1.82) is 0 Å². The zero-order chi connectivity index (χ0) is 17.6. The van der Waals surface area contributed by atoms with Gasteiger partial charge in [-0.05, 0) is 77.5 Å². The van der Waals surface area contributed by atoms with Gasteiger partial charge in [-0.25, -0.2) is 0 Å². The third-order valence-electron chi connectivity index (χ3n) is 4.10. The lowest BCUT2D eigenvalue weighted by Crippen LogP contribution is -2.16. The van der Waals surface area contributed by atoms with E-state index in [-0.39, 0.29) is 5.75 Å². The summed E-state index contributed by atoms with van der Waals surface area (Å²) in [5.74, 6) is -0.218. The lowest BCUT2D eigenvalue weighted by molar-refractivity contribution is -0.274. The molecule has 4 rings (SSSR count). The van der Waals surface area contributed by atoms with Gasteiger partial charge in [0.2, 0.25) is 0 Å². The van der Waals surface area contributed by atoms with Gasteiger partial charge in [-0.15, -0.1) is 13.2 Å². The fraction of sp³-hybridized carbons (Fsp3) is 0.167. The van der Waals surface area contributed by atoms with E-state index >= 15 is 0 Å². The van der Waals surface area contributed by atoms with E-state index in [4.69, 9.17) is 0 Å². The van der Waals surface area contributed by atoms with Crippen molar-refractivity contribution in [3.8, 4) is 27.4 Å². The third-order valence-corrected chi connectivity index (χ3v) is 5.54. The topological polar surface area (TPSA) is 22.1 Å². The molecule has 0 aliphatic heterocycles. The number of rotatable bonds is 2. The smallest absolute Gasteiger partial charge is 0.406 e.